The molecule has 2 aliphatic heterocycles. The summed E-state index contributed by atoms with van der Waals surface area (Å²) in [4.78, 5) is 11.3. The van der Waals surface area contributed by atoms with E-state index in [4.69, 9.17) is 18.8 Å². The van der Waals surface area contributed by atoms with Crippen LogP contribution in [0.3, 0.4) is 0 Å². The predicted molar refractivity (Wildman–Crippen MR) is 229 cm³/mol. The van der Waals surface area contributed by atoms with Crippen LogP contribution in [0.25, 0.3) is 100 Å². The quantitative estimate of drug-likeness (QED) is 0.167. The largest absolute Gasteiger partial charge is 0.454 e. The van der Waals surface area contributed by atoms with E-state index in [1.54, 1.807) is 0 Å². The predicted octanol–water partition coefficient (Wildman–Crippen LogP) is 10.2. The van der Waals surface area contributed by atoms with Crippen LogP contribution >= 0.6 is 0 Å². The molecule has 4 aromatic heterocycles. The van der Waals surface area contributed by atoms with Gasteiger partial charge in [-0.15, -0.1) is 0 Å². The van der Waals surface area contributed by atoms with Crippen molar-refractivity contribution >= 4 is 89.0 Å². The van der Waals surface area contributed by atoms with E-state index in [9.17, 15) is 0 Å². The van der Waals surface area contributed by atoms with E-state index in [0.717, 1.165) is 100 Å². The second-order valence-electron chi connectivity index (χ2n) is 16.0. The minimum absolute atomic E-state index is 0.105. The fraction of sp³-hybridized carbons (Fsp3) is 0.102. The monoisotopic (exact) mass is 720 g/mol. The zero-order valence-electron chi connectivity index (χ0n) is 31.6. The van der Waals surface area contributed by atoms with Crippen molar-refractivity contribution in [2.45, 2.75) is 34.6 Å². The molecule has 13 rings (SSSR count). The number of fused-ring (bicyclic) bond motifs is 12. The first kappa shape index (κ1) is 30.5. The molecule has 0 saturated heterocycles. The van der Waals surface area contributed by atoms with E-state index < -0.39 is 0 Å². The summed E-state index contributed by atoms with van der Waals surface area (Å²) in [6.07, 6.45) is 0. The first-order chi connectivity index (χ1) is 27.4. The van der Waals surface area contributed by atoms with Gasteiger partial charge < -0.3 is 8.83 Å². The molecule has 6 nitrogen and oxygen atoms in total. The van der Waals surface area contributed by atoms with Gasteiger partial charge in [0.25, 0.3) is 6.71 Å². The fourth-order valence-electron chi connectivity index (χ4n) is 10.4. The average Bonchev–Trinajstić information content (AvgIpc) is 3.96. The Bertz CT molecular complexity index is 3340. The Balaban J connectivity index is 1.28. The molecule has 2 aliphatic rings. The van der Waals surface area contributed by atoms with Crippen LogP contribution in [0.1, 0.15) is 27.8 Å². The highest BCUT2D eigenvalue weighted by Crippen LogP contribution is 2.44. The number of furan rings is 2. The smallest absolute Gasteiger partial charge is 0.252 e. The van der Waals surface area contributed by atoms with Crippen molar-refractivity contribution in [1.29, 1.82) is 0 Å². The molecule has 0 radical (unpaired) electrons. The number of aryl methyl sites for hydroxylation is 5. The fourth-order valence-corrected chi connectivity index (χ4v) is 10.4. The molecule has 0 aliphatic carbocycles. The maximum atomic E-state index is 6.75. The molecule has 0 N–H and O–H groups in total. The molecule has 0 saturated carbocycles. The lowest BCUT2D eigenvalue weighted by Crippen LogP contribution is -2.59. The number of hydrogen-bond donors (Lipinski definition) is 0. The van der Waals surface area contributed by atoms with Gasteiger partial charge in [-0.3, -0.25) is 9.13 Å². The summed E-state index contributed by atoms with van der Waals surface area (Å²) in [7, 11) is 0. The molecule has 7 heteroatoms. The van der Waals surface area contributed by atoms with Crippen molar-refractivity contribution in [2.24, 2.45) is 0 Å². The highest BCUT2D eigenvalue weighted by Gasteiger charge is 2.44. The lowest BCUT2D eigenvalue weighted by molar-refractivity contribution is 0.671. The van der Waals surface area contributed by atoms with Gasteiger partial charge in [-0.25, -0.2) is 9.97 Å². The third kappa shape index (κ3) is 3.59. The van der Waals surface area contributed by atoms with Gasteiger partial charge in [0.05, 0.1) is 11.0 Å². The molecule has 11 aromatic rings. The van der Waals surface area contributed by atoms with Gasteiger partial charge in [-0.1, -0.05) is 84.9 Å². The van der Waals surface area contributed by atoms with Crippen LogP contribution in [-0.4, -0.2) is 25.8 Å². The van der Waals surface area contributed by atoms with Gasteiger partial charge in [-0.2, -0.15) is 0 Å². The van der Waals surface area contributed by atoms with Gasteiger partial charge >= 0.3 is 0 Å². The Hall–Kier alpha value is -6.86. The number of nitrogens with zero attached hydrogens (tertiary/aromatic N) is 4. The molecule has 0 fully saturated rings. The van der Waals surface area contributed by atoms with Crippen molar-refractivity contribution in [2.75, 3.05) is 0 Å². The second kappa shape index (κ2) is 10.3. The lowest BCUT2D eigenvalue weighted by atomic mass is 9.34. The maximum absolute atomic E-state index is 6.75. The molecular weight excluding hydrogens is 687 g/mol. The number of hydrogen-bond acceptors (Lipinski definition) is 4. The molecule has 56 heavy (non-hydrogen) atoms. The molecule has 264 valence electrons. The number of benzene rings is 7. The molecule has 0 amide bonds. The molecular formula is C49H33BN4O2. The summed E-state index contributed by atoms with van der Waals surface area (Å²) in [6.45, 7) is 10.9. The Morgan fingerprint density at radius 2 is 0.911 bits per heavy atom. The molecule has 0 atom stereocenters. The number of para-hydroxylation sites is 2. The van der Waals surface area contributed by atoms with Crippen LogP contribution in [0.4, 0.5) is 0 Å². The topological polar surface area (TPSA) is 61.9 Å². The van der Waals surface area contributed by atoms with Crippen LogP contribution in [0.5, 0.6) is 0 Å². The number of rotatable bonds is 2. The van der Waals surface area contributed by atoms with E-state index in [2.05, 4.69) is 141 Å². The molecule has 6 heterocycles. The van der Waals surface area contributed by atoms with E-state index >= 15 is 0 Å². The van der Waals surface area contributed by atoms with Crippen LogP contribution in [0.15, 0.2) is 118 Å². The lowest BCUT2D eigenvalue weighted by Gasteiger charge is -2.34. The van der Waals surface area contributed by atoms with Crippen LogP contribution in [0.2, 0.25) is 0 Å². The van der Waals surface area contributed by atoms with Crippen molar-refractivity contribution in [3.05, 3.63) is 137 Å². The standard InChI is InChI=1S/C49H33BN4O2/c1-24-20-35-41-36(21-24)54-45-34(23-32-30-17-7-9-19-38(30)56-47(32)43(45)52-49(54)40-27(4)14-11-15-28(40)5)50(41)33-22-31-29-16-6-8-18-37(29)55-46(31)42-44(33)53(35)48(51-42)39-25(2)12-10-13-26(39)3/h6-23H,1-5H3. The van der Waals surface area contributed by atoms with Gasteiger partial charge in [0.2, 0.25) is 0 Å². The first-order valence-corrected chi connectivity index (χ1v) is 19.4. The highest BCUT2D eigenvalue weighted by molar-refractivity contribution is 7.00. The third-order valence-electron chi connectivity index (χ3n) is 12.7. The Morgan fingerprint density at radius 1 is 0.482 bits per heavy atom. The summed E-state index contributed by atoms with van der Waals surface area (Å²) in [5.41, 5.74) is 21.6. The SMILES string of the molecule is Cc1cc2c3c(c1)-n1c(-c4c(C)cccc4C)nc4c5oc6ccccc6c5cc(c41)B3c1cc3c4ccccc4oc3c3nc(-c4c(C)cccc4C)n-2c13. The van der Waals surface area contributed by atoms with Crippen molar-refractivity contribution < 1.29 is 8.83 Å². The highest BCUT2D eigenvalue weighted by atomic mass is 16.3. The molecule has 0 spiro atoms. The van der Waals surface area contributed by atoms with Gasteiger partial charge in [0.1, 0.15) is 33.8 Å². The van der Waals surface area contributed by atoms with Gasteiger partial charge in [0, 0.05) is 44.0 Å². The average molecular weight is 721 g/mol. The summed E-state index contributed by atoms with van der Waals surface area (Å²) in [5, 5.41) is 4.36. The first-order valence-electron chi connectivity index (χ1n) is 19.4. The maximum Gasteiger partial charge on any atom is 0.252 e. The van der Waals surface area contributed by atoms with Crippen molar-refractivity contribution in [3.63, 3.8) is 0 Å². The van der Waals surface area contributed by atoms with E-state index in [1.807, 2.05) is 12.1 Å². The second-order valence-corrected chi connectivity index (χ2v) is 16.0. The van der Waals surface area contributed by atoms with Gasteiger partial charge in [0.15, 0.2) is 11.2 Å². The van der Waals surface area contributed by atoms with Crippen LogP contribution < -0.4 is 16.4 Å². The van der Waals surface area contributed by atoms with Crippen molar-refractivity contribution in [1.82, 2.24) is 19.1 Å². The van der Waals surface area contributed by atoms with Crippen LogP contribution in [-0.2, 0) is 0 Å². The molecule has 7 aromatic carbocycles. The number of aromatic nitrogens is 4. The Morgan fingerprint density at radius 3 is 1.36 bits per heavy atom. The third-order valence-corrected chi connectivity index (χ3v) is 12.7. The van der Waals surface area contributed by atoms with Crippen LogP contribution in [0, 0.1) is 34.6 Å². The normalized spacial score (nSPS) is 13.1. The summed E-state index contributed by atoms with van der Waals surface area (Å²) in [6, 6.07) is 39.3. The van der Waals surface area contributed by atoms with Gasteiger partial charge in [-0.05, 0) is 103 Å². The van der Waals surface area contributed by atoms with E-state index in [1.165, 1.54) is 44.2 Å². The zero-order valence-corrected chi connectivity index (χ0v) is 31.6. The number of imidazole rings is 2. The van der Waals surface area contributed by atoms with E-state index in [-0.39, 0.29) is 6.71 Å². The summed E-state index contributed by atoms with van der Waals surface area (Å²) < 4.78 is 18.4. The molecule has 0 unspecified atom stereocenters. The minimum atomic E-state index is -0.105. The molecule has 0 bridgehead atoms. The zero-order chi connectivity index (χ0) is 37.3. The summed E-state index contributed by atoms with van der Waals surface area (Å²) >= 11 is 0. The minimum Gasteiger partial charge on any atom is -0.454 e. The Labute approximate surface area is 321 Å². The van der Waals surface area contributed by atoms with Crippen molar-refractivity contribution in [3.8, 4) is 34.2 Å². The summed E-state index contributed by atoms with van der Waals surface area (Å²) in [5.74, 6) is 1.87. The van der Waals surface area contributed by atoms with E-state index in [0.29, 0.717) is 0 Å². The Kier molecular flexibility index (Phi) is 5.58.